The number of aryl methyl sites for hydroxylation is 2. The summed E-state index contributed by atoms with van der Waals surface area (Å²) in [6.07, 6.45) is 5.64. The van der Waals surface area contributed by atoms with Gasteiger partial charge in [-0.25, -0.2) is 13.1 Å². The normalized spacial score (nSPS) is 11.7. The number of nitrogens with one attached hydrogen (secondary N) is 1. The molecule has 2 aromatic heterocycles. The first-order valence-electron chi connectivity index (χ1n) is 6.08. The van der Waals surface area contributed by atoms with Crippen LogP contribution in [0.3, 0.4) is 0 Å². The molecule has 2 heterocycles. The van der Waals surface area contributed by atoms with Gasteiger partial charge in [-0.1, -0.05) is 0 Å². The smallest absolute Gasteiger partial charge is 0.305 e. The van der Waals surface area contributed by atoms with Crippen LogP contribution in [0.1, 0.15) is 12.0 Å². The molecule has 0 saturated heterocycles. The Morgan fingerprint density at radius 1 is 1.33 bits per heavy atom. The van der Waals surface area contributed by atoms with Crippen molar-refractivity contribution in [3.05, 3.63) is 30.4 Å². The van der Waals surface area contributed by atoms with Gasteiger partial charge in [0.05, 0.1) is 25.4 Å². The van der Waals surface area contributed by atoms with E-state index in [0.717, 1.165) is 5.56 Å². The van der Waals surface area contributed by atoms with Crippen LogP contribution in [0.4, 0.5) is 0 Å². The molecule has 2 N–H and O–H groups in total. The van der Waals surface area contributed by atoms with E-state index in [2.05, 4.69) is 14.9 Å². The number of carbonyl (C=O) groups is 1. The topological polar surface area (TPSA) is 119 Å². The minimum absolute atomic E-state index is 0.00298. The number of hydrogen-bond donors (Lipinski definition) is 2. The maximum Gasteiger partial charge on any atom is 0.305 e. The van der Waals surface area contributed by atoms with E-state index in [1.54, 1.807) is 24.1 Å². The second-order valence-electron chi connectivity index (χ2n) is 4.43. The van der Waals surface area contributed by atoms with Crippen molar-refractivity contribution in [2.24, 2.45) is 7.05 Å². The molecule has 0 aliphatic rings. The molecular weight excluding hydrogens is 298 g/mol. The summed E-state index contributed by atoms with van der Waals surface area (Å²) in [6.45, 7) is 0.240. The van der Waals surface area contributed by atoms with Gasteiger partial charge in [0, 0.05) is 31.5 Å². The lowest BCUT2D eigenvalue weighted by molar-refractivity contribution is -0.137. The van der Waals surface area contributed by atoms with Crippen molar-refractivity contribution in [1.29, 1.82) is 0 Å². The summed E-state index contributed by atoms with van der Waals surface area (Å²) < 4.78 is 29.4. The van der Waals surface area contributed by atoms with Gasteiger partial charge >= 0.3 is 5.97 Å². The quantitative estimate of drug-likeness (QED) is 0.716. The summed E-state index contributed by atoms with van der Waals surface area (Å²) in [5.41, 5.74) is 0.736. The van der Waals surface area contributed by atoms with Gasteiger partial charge in [0.1, 0.15) is 4.90 Å². The van der Waals surface area contributed by atoms with Gasteiger partial charge in [-0.2, -0.15) is 10.2 Å². The lowest BCUT2D eigenvalue weighted by Crippen LogP contribution is -2.22. The number of aromatic nitrogens is 4. The van der Waals surface area contributed by atoms with E-state index in [-0.39, 0.29) is 24.4 Å². The highest BCUT2D eigenvalue weighted by molar-refractivity contribution is 7.89. The van der Waals surface area contributed by atoms with Crippen LogP contribution >= 0.6 is 0 Å². The van der Waals surface area contributed by atoms with Gasteiger partial charge in [0.15, 0.2) is 0 Å². The molecular formula is C11H15N5O4S. The second-order valence-corrected chi connectivity index (χ2v) is 6.20. The molecule has 0 amide bonds. The van der Waals surface area contributed by atoms with Crippen LogP contribution in [0.5, 0.6) is 0 Å². The SMILES string of the molecule is Cn1cc(CNS(=O)(=O)c2cnn(CCC(=O)O)c2)cn1. The zero-order chi connectivity index (χ0) is 15.5. The number of sulfonamides is 1. The minimum atomic E-state index is -3.68. The van der Waals surface area contributed by atoms with Crippen molar-refractivity contribution >= 4 is 16.0 Å². The molecule has 21 heavy (non-hydrogen) atoms. The fraction of sp³-hybridized carbons (Fsp3) is 0.364. The molecule has 0 saturated carbocycles. The van der Waals surface area contributed by atoms with E-state index >= 15 is 0 Å². The van der Waals surface area contributed by atoms with Crippen molar-refractivity contribution in [2.45, 2.75) is 24.4 Å². The molecule has 0 bridgehead atoms. The van der Waals surface area contributed by atoms with E-state index in [1.165, 1.54) is 17.1 Å². The lowest BCUT2D eigenvalue weighted by atomic mass is 10.4. The summed E-state index contributed by atoms with van der Waals surface area (Å²) in [4.78, 5) is 10.5. The van der Waals surface area contributed by atoms with Crippen molar-refractivity contribution in [1.82, 2.24) is 24.3 Å². The Balaban J connectivity index is 2.00. The molecule has 0 spiro atoms. The van der Waals surface area contributed by atoms with Gasteiger partial charge in [-0.3, -0.25) is 14.2 Å². The van der Waals surface area contributed by atoms with Gasteiger partial charge in [0.2, 0.25) is 10.0 Å². The van der Waals surface area contributed by atoms with Crippen molar-refractivity contribution in [3.63, 3.8) is 0 Å². The van der Waals surface area contributed by atoms with Crippen LogP contribution < -0.4 is 4.72 Å². The Kier molecular flexibility index (Phi) is 4.38. The monoisotopic (exact) mass is 313 g/mol. The summed E-state index contributed by atoms with van der Waals surface area (Å²) in [6, 6.07) is 0. The maximum absolute atomic E-state index is 12.1. The van der Waals surface area contributed by atoms with Crippen LogP contribution in [0.25, 0.3) is 0 Å². The number of carboxylic acid groups (broad SMARTS) is 1. The molecule has 0 aliphatic carbocycles. The van der Waals surface area contributed by atoms with Crippen LogP contribution in [0.2, 0.25) is 0 Å². The maximum atomic E-state index is 12.1. The van der Waals surface area contributed by atoms with Crippen molar-refractivity contribution in [3.8, 4) is 0 Å². The summed E-state index contributed by atoms with van der Waals surface area (Å²) in [7, 11) is -1.94. The van der Waals surface area contributed by atoms with Crippen LogP contribution in [0.15, 0.2) is 29.7 Å². The van der Waals surface area contributed by atoms with E-state index in [0.29, 0.717) is 0 Å². The van der Waals surface area contributed by atoms with E-state index in [4.69, 9.17) is 5.11 Å². The predicted octanol–water partition coefficient (Wildman–Crippen LogP) is -0.430. The number of carboxylic acids is 1. The van der Waals surface area contributed by atoms with E-state index in [9.17, 15) is 13.2 Å². The Labute approximate surface area is 121 Å². The highest BCUT2D eigenvalue weighted by atomic mass is 32.2. The number of rotatable bonds is 7. The number of hydrogen-bond acceptors (Lipinski definition) is 5. The molecule has 10 heteroatoms. The summed E-state index contributed by atoms with van der Waals surface area (Å²) in [5, 5.41) is 16.4. The average Bonchev–Trinajstić information content (AvgIpc) is 3.03. The van der Waals surface area contributed by atoms with E-state index < -0.39 is 16.0 Å². The van der Waals surface area contributed by atoms with Crippen LogP contribution in [0, 0.1) is 0 Å². The Bertz CT molecular complexity index is 733. The molecule has 9 nitrogen and oxygen atoms in total. The summed E-state index contributed by atoms with van der Waals surface area (Å²) >= 11 is 0. The Morgan fingerprint density at radius 3 is 2.71 bits per heavy atom. The average molecular weight is 313 g/mol. The van der Waals surface area contributed by atoms with E-state index in [1.807, 2.05) is 0 Å². The molecule has 0 aromatic carbocycles. The molecule has 0 fully saturated rings. The number of nitrogens with zero attached hydrogens (tertiary/aromatic N) is 4. The van der Waals surface area contributed by atoms with Crippen LogP contribution in [-0.2, 0) is 35.0 Å². The highest BCUT2D eigenvalue weighted by Gasteiger charge is 2.16. The van der Waals surface area contributed by atoms with Gasteiger partial charge < -0.3 is 5.11 Å². The molecule has 0 atom stereocenters. The molecule has 2 rings (SSSR count). The zero-order valence-electron chi connectivity index (χ0n) is 11.3. The zero-order valence-corrected chi connectivity index (χ0v) is 12.1. The molecule has 0 radical (unpaired) electrons. The van der Waals surface area contributed by atoms with Crippen molar-refractivity contribution < 1.29 is 18.3 Å². The molecule has 2 aromatic rings. The first-order valence-corrected chi connectivity index (χ1v) is 7.56. The number of aliphatic carboxylic acids is 1. The van der Waals surface area contributed by atoms with Gasteiger partial charge in [-0.15, -0.1) is 0 Å². The third-order valence-corrected chi connectivity index (χ3v) is 4.06. The third-order valence-electron chi connectivity index (χ3n) is 2.70. The first kappa shape index (κ1) is 15.2. The third kappa shape index (κ3) is 4.13. The van der Waals surface area contributed by atoms with Gasteiger partial charge in [-0.05, 0) is 0 Å². The summed E-state index contributed by atoms with van der Waals surface area (Å²) in [5.74, 6) is -0.968. The molecule has 0 unspecified atom stereocenters. The minimum Gasteiger partial charge on any atom is -0.481 e. The lowest BCUT2D eigenvalue weighted by Gasteiger charge is -2.02. The largest absolute Gasteiger partial charge is 0.481 e. The molecule has 114 valence electrons. The first-order chi connectivity index (χ1) is 9.87. The second kappa shape index (κ2) is 6.06. The van der Waals surface area contributed by atoms with Gasteiger partial charge in [0.25, 0.3) is 0 Å². The highest BCUT2D eigenvalue weighted by Crippen LogP contribution is 2.08. The fourth-order valence-corrected chi connectivity index (χ4v) is 2.61. The Hall–Kier alpha value is -2.20. The predicted molar refractivity (Wildman–Crippen MR) is 71.7 cm³/mol. The standard InChI is InChI=1S/C11H15N5O4S/c1-15-7-9(4-12-15)5-14-21(19,20)10-6-13-16(8-10)3-2-11(17)18/h4,6-8,14H,2-3,5H2,1H3,(H,17,18). The molecule has 0 aliphatic heterocycles. The van der Waals surface area contributed by atoms with Crippen molar-refractivity contribution in [2.75, 3.05) is 0 Å². The fourth-order valence-electron chi connectivity index (χ4n) is 1.64. The van der Waals surface area contributed by atoms with Crippen LogP contribution in [-0.4, -0.2) is 39.1 Å². The Morgan fingerprint density at radius 2 is 2.10 bits per heavy atom.